The summed E-state index contributed by atoms with van der Waals surface area (Å²) in [5, 5.41) is 6.32. The van der Waals surface area contributed by atoms with Gasteiger partial charge in [0, 0.05) is 23.7 Å². The van der Waals surface area contributed by atoms with E-state index in [-0.39, 0.29) is 11.9 Å². The molecule has 23 heavy (non-hydrogen) atoms. The quantitative estimate of drug-likeness (QED) is 0.558. The molecule has 8 heteroatoms. The number of carbonyl (C=O) groups excluding carboxylic acids is 2. The predicted molar refractivity (Wildman–Crippen MR) is 95.0 cm³/mol. The van der Waals surface area contributed by atoms with Crippen LogP contribution >= 0.6 is 27.3 Å². The molecule has 0 aliphatic heterocycles. The van der Waals surface area contributed by atoms with E-state index < -0.39 is 12.0 Å². The van der Waals surface area contributed by atoms with Gasteiger partial charge in [-0.3, -0.25) is 0 Å². The Balaban J connectivity index is 2.68. The number of esters is 1. The molecule has 1 heterocycles. The molecule has 0 radical (unpaired) electrons. The molecule has 0 saturated carbocycles. The fourth-order valence-corrected chi connectivity index (χ4v) is 3.07. The molecule has 0 bridgehead atoms. The molecular formula is C15H24BrN3O3S. The lowest BCUT2D eigenvalue weighted by Gasteiger charge is -2.24. The van der Waals surface area contributed by atoms with Crippen LogP contribution in [0.1, 0.15) is 37.4 Å². The Kier molecular flexibility index (Phi) is 7.98. The topological polar surface area (TPSA) is 71.5 Å². The fourth-order valence-electron chi connectivity index (χ4n) is 1.87. The third-order valence-electron chi connectivity index (χ3n) is 3.36. The summed E-state index contributed by atoms with van der Waals surface area (Å²) in [5.74, 6) is -0.155. The zero-order chi connectivity index (χ0) is 17.6. The van der Waals surface area contributed by atoms with Crippen LogP contribution in [0.4, 0.5) is 4.79 Å². The highest BCUT2D eigenvalue weighted by molar-refractivity contribution is 9.09. The maximum absolute atomic E-state index is 12.3. The average molecular weight is 406 g/mol. The Hall–Kier alpha value is -1.15. The molecule has 2 amide bonds. The zero-order valence-electron chi connectivity index (χ0n) is 14.1. The lowest BCUT2D eigenvalue weighted by atomic mass is 10.1. The number of halogens is 1. The van der Waals surface area contributed by atoms with Crippen molar-refractivity contribution in [2.75, 3.05) is 19.5 Å². The number of nitrogens with one attached hydrogen (secondary N) is 1. The van der Waals surface area contributed by atoms with Crippen molar-refractivity contribution in [2.45, 2.75) is 39.3 Å². The third kappa shape index (κ3) is 5.76. The molecule has 0 aliphatic rings. The Labute approximate surface area is 149 Å². The number of amides is 2. The summed E-state index contributed by atoms with van der Waals surface area (Å²) in [6, 6.07) is -1.01. The molecule has 2 unspecified atom stereocenters. The summed E-state index contributed by atoms with van der Waals surface area (Å²) in [6.45, 7) is 6.43. The SMILES string of the molecule is COC(=O)C(NC(=O)N(C)Cc1csc(C(C)C)n1)C(C)CBr. The lowest BCUT2D eigenvalue weighted by molar-refractivity contribution is -0.143. The van der Waals surface area contributed by atoms with Crippen LogP contribution in [-0.4, -0.2) is 47.4 Å². The molecule has 0 fully saturated rings. The number of alkyl halides is 1. The first-order valence-corrected chi connectivity index (χ1v) is 9.39. The van der Waals surface area contributed by atoms with Crippen LogP contribution in [-0.2, 0) is 16.1 Å². The maximum Gasteiger partial charge on any atom is 0.328 e. The number of aromatic nitrogens is 1. The van der Waals surface area contributed by atoms with E-state index in [4.69, 9.17) is 4.74 Å². The molecule has 0 spiro atoms. The van der Waals surface area contributed by atoms with Gasteiger partial charge in [0.05, 0.1) is 24.4 Å². The van der Waals surface area contributed by atoms with Crippen molar-refractivity contribution in [2.24, 2.45) is 5.92 Å². The van der Waals surface area contributed by atoms with E-state index in [9.17, 15) is 9.59 Å². The summed E-state index contributed by atoms with van der Waals surface area (Å²) in [5.41, 5.74) is 0.847. The highest BCUT2D eigenvalue weighted by atomic mass is 79.9. The highest BCUT2D eigenvalue weighted by Crippen LogP contribution is 2.19. The predicted octanol–water partition coefficient (Wildman–Crippen LogP) is 2.98. The van der Waals surface area contributed by atoms with Gasteiger partial charge in [0.15, 0.2) is 0 Å². The van der Waals surface area contributed by atoms with Crippen LogP contribution in [0.3, 0.4) is 0 Å². The first kappa shape index (κ1) is 19.9. The van der Waals surface area contributed by atoms with E-state index in [0.717, 1.165) is 10.7 Å². The molecule has 1 aromatic heterocycles. The van der Waals surface area contributed by atoms with Gasteiger partial charge in [-0.15, -0.1) is 11.3 Å². The van der Waals surface area contributed by atoms with E-state index in [0.29, 0.717) is 17.8 Å². The second-order valence-corrected chi connectivity index (χ2v) is 7.31. The monoisotopic (exact) mass is 405 g/mol. The molecule has 2 atom stereocenters. The largest absolute Gasteiger partial charge is 0.467 e. The standard InChI is InChI=1S/C15H24BrN3O3S/c1-9(2)13-17-11(8-23-13)7-19(4)15(21)18-12(10(3)6-16)14(20)22-5/h8-10,12H,6-7H2,1-5H3,(H,18,21). The van der Waals surface area contributed by atoms with Gasteiger partial charge in [0.2, 0.25) is 0 Å². The van der Waals surface area contributed by atoms with Crippen molar-refractivity contribution in [1.82, 2.24) is 15.2 Å². The Morgan fingerprint density at radius 1 is 1.43 bits per heavy atom. The number of nitrogens with zero attached hydrogens (tertiary/aromatic N) is 2. The Morgan fingerprint density at radius 2 is 2.09 bits per heavy atom. The summed E-state index contributed by atoms with van der Waals surface area (Å²) in [6.07, 6.45) is 0. The summed E-state index contributed by atoms with van der Waals surface area (Å²) in [7, 11) is 2.99. The van der Waals surface area contributed by atoms with Gasteiger partial charge < -0.3 is 15.0 Å². The van der Waals surface area contributed by atoms with Crippen LogP contribution in [0, 0.1) is 5.92 Å². The molecule has 1 N–H and O–H groups in total. The molecule has 0 aliphatic carbocycles. The molecule has 1 aromatic rings. The van der Waals surface area contributed by atoms with Gasteiger partial charge in [0.25, 0.3) is 0 Å². The first-order valence-electron chi connectivity index (χ1n) is 7.39. The minimum atomic E-state index is -0.684. The number of ether oxygens (including phenoxy) is 1. The third-order valence-corrected chi connectivity index (χ3v) is 5.57. The number of carbonyl (C=O) groups is 2. The molecule has 130 valence electrons. The normalized spacial score (nSPS) is 13.5. The summed E-state index contributed by atoms with van der Waals surface area (Å²) in [4.78, 5) is 30.1. The minimum Gasteiger partial charge on any atom is -0.467 e. The summed E-state index contributed by atoms with van der Waals surface area (Å²) >= 11 is 4.92. The molecule has 1 rings (SSSR count). The zero-order valence-corrected chi connectivity index (χ0v) is 16.5. The van der Waals surface area contributed by atoms with Crippen LogP contribution in [0.25, 0.3) is 0 Å². The minimum absolute atomic E-state index is 0.0772. The van der Waals surface area contributed by atoms with E-state index in [1.54, 1.807) is 18.4 Å². The second-order valence-electron chi connectivity index (χ2n) is 5.77. The highest BCUT2D eigenvalue weighted by Gasteiger charge is 2.28. The summed E-state index contributed by atoms with van der Waals surface area (Å²) < 4.78 is 4.76. The molecule has 6 nitrogen and oxygen atoms in total. The fraction of sp³-hybridized carbons (Fsp3) is 0.667. The van der Waals surface area contributed by atoms with Crippen LogP contribution < -0.4 is 5.32 Å². The number of thiazole rings is 1. The van der Waals surface area contributed by atoms with E-state index in [2.05, 4.69) is 40.1 Å². The van der Waals surface area contributed by atoms with Crippen molar-refractivity contribution >= 4 is 39.3 Å². The first-order chi connectivity index (χ1) is 10.8. The van der Waals surface area contributed by atoms with Gasteiger partial charge in [-0.1, -0.05) is 36.7 Å². The number of hydrogen-bond donors (Lipinski definition) is 1. The Morgan fingerprint density at radius 3 is 2.57 bits per heavy atom. The number of rotatable bonds is 7. The van der Waals surface area contributed by atoms with Gasteiger partial charge in [-0.25, -0.2) is 14.6 Å². The van der Waals surface area contributed by atoms with E-state index in [1.165, 1.54) is 12.0 Å². The molecule has 0 aromatic carbocycles. The van der Waals surface area contributed by atoms with E-state index >= 15 is 0 Å². The van der Waals surface area contributed by atoms with Crippen molar-refractivity contribution in [1.29, 1.82) is 0 Å². The van der Waals surface area contributed by atoms with Crippen LogP contribution in [0.15, 0.2) is 5.38 Å². The molecule has 0 saturated heterocycles. The van der Waals surface area contributed by atoms with Gasteiger partial charge in [-0.05, 0) is 5.92 Å². The van der Waals surface area contributed by atoms with E-state index in [1.807, 2.05) is 12.3 Å². The van der Waals surface area contributed by atoms with Crippen LogP contribution in [0.2, 0.25) is 0 Å². The van der Waals surface area contributed by atoms with Crippen molar-refractivity contribution < 1.29 is 14.3 Å². The number of hydrogen-bond acceptors (Lipinski definition) is 5. The van der Waals surface area contributed by atoms with Gasteiger partial charge in [0.1, 0.15) is 6.04 Å². The smallest absolute Gasteiger partial charge is 0.328 e. The second kappa shape index (κ2) is 9.22. The number of urea groups is 1. The Bertz CT molecular complexity index is 536. The van der Waals surface area contributed by atoms with Gasteiger partial charge in [-0.2, -0.15) is 0 Å². The lowest BCUT2D eigenvalue weighted by Crippen LogP contribution is -2.50. The number of methoxy groups -OCH3 is 1. The maximum atomic E-state index is 12.3. The molecular weight excluding hydrogens is 382 g/mol. The van der Waals surface area contributed by atoms with Crippen LogP contribution in [0.5, 0.6) is 0 Å². The van der Waals surface area contributed by atoms with Crippen molar-refractivity contribution in [3.63, 3.8) is 0 Å². The van der Waals surface area contributed by atoms with Crippen molar-refractivity contribution in [3.8, 4) is 0 Å². The average Bonchev–Trinajstić information content (AvgIpc) is 2.99. The van der Waals surface area contributed by atoms with Crippen molar-refractivity contribution in [3.05, 3.63) is 16.1 Å². The van der Waals surface area contributed by atoms with Gasteiger partial charge >= 0.3 is 12.0 Å².